The Kier molecular flexibility index (Phi) is 5.56. The standard InChI is InChI=1S/C18H29N3O3/c1-4-5-6-13-9-21(10-16(24-13)12(2)3)18(22)17-14-11-23-8-7-15(14)19-20-17/h12-13,16H,4-11H2,1-3H3,(H,19,20)/t13-,16-/m1/s1. The lowest BCUT2D eigenvalue weighted by molar-refractivity contribution is -0.0964. The number of nitrogens with one attached hydrogen (secondary N) is 1. The predicted octanol–water partition coefficient (Wildman–Crippen LogP) is 2.54. The summed E-state index contributed by atoms with van der Waals surface area (Å²) in [6.45, 7) is 8.95. The van der Waals surface area contributed by atoms with Crippen LogP contribution in [0.5, 0.6) is 0 Å². The van der Waals surface area contributed by atoms with E-state index in [1.165, 1.54) is 0 Å². The molecule has 0 spiro atoms. The van der Waals surface area contributed by atoms with Crippen LogP contribution in [0.15, 0.2) is 0 Å². The zero-order chi connectivity index (χ0) is 17.1. The molecule has 2 atom stereocenters. The van der Waals surface area contributed by atoms with E-state index in [1.807, 2.05) is 4.90 Å². The molecule has 1 aromatic rings. The molecule has 1 fully saturated rings. The number of amides is 1. The zero-order valence-corrected chi connectivity index (χ0v) is 15.0. The summed E-state index contributed by atoms with van der Waals surface area (Å²) in [5.74, 6) is 0.398. The number of unbranched alkanes of at least 4 members (excludes halogenated alkanes) is 1. The van der Waals surface area contributed by atoms with Gasteiger partial charge in [0.1, 0.15) is 0 Å². The number of hydrogen-bond acceptors (Lipinski definition) is 4. The molecule has 1 N–H and O–H groups in total. The number of aromatic nitrogens is 2. The van der Waals surface area contributed by atoms with E-state index in [4.69, 9.17) is 9.47 Å². The van der Waals surface area contributed by atoms with Crippen molar-refractivity contribution in [1.29, 1.82) is 0 Å². The van der Waals surface area contributed by atoms with Gasteiger partial charge in [0.2, 0.25) is 0 Å². The smallest absolute Gasteiger partial charge is 0.274 e. The van der Waals surface area contributed by atoms with Crippen LogP contribution in [0.1, 0.15) is 61.8 Å². The Morgan fingerprint density at radius 1 is 1.42 bits per heavy atom. The summed E-state index contributed by atoms with van der Waals surface area (Å²) in [5.41, 5.74) is 2.51. The van der Waals surface area contributed by atoms with Crippen LogP contribution in [0.2, 0.25) is 0 Å². The first kappa shape index (κ1) is 17.4. The molecule has 1 aromatic heterocycles. The molecular formula is C18H29N3O3. The minimum atomic E-state index is 0.00782. The highest BCUT2D eigenvalue weighted by Gasteiger charge is 2.34. The molecule has 0 aliphatic carbocycles. The Hall–Kier alpha value is -1.40. The molecule has 2 aliphatic heterocycles. The molecule has 0 aromatic carbocycles. The lowest BCUT2D eigenvalue weighted by atomic mass is 10.0. The highest BCUT2D eigenvalue weighted by atomic mass is 16.5. The van der Waals surface area contributed by atoms with Crippen LogP contribution in [-0.4, -0.2) is 52.9 Å². The van der Waals surface area contributed by atoms with E-state index in [0.29, 0.717) is 37.9 Å². The van der Waals surface area contributed by atoms with Gasteiger partial charge in [0.15, 0.2) is 5.69 Å². The van der Waals surface area contributed by atoms with E-state index in [1.54, 1.807) is 0 Å². The van der Waals surface area contributed by atoms with Crippen molar-refractivity contribution in [3.05, 3.63) is 17.0 Å². The number of nitrogens with zero attached hydrogens (tertiary/aromatic N) is 2. The summed E-state index contributed by atoms with van der Waals surface area (Å²) in [6, 6.07) is 0. The highest BCUT2D eigenvalue weighted by Crippen LogP contribution is 2.24. The predicted molar refractivity (Wildman–Crippen MR) is 90.9 cm³/mol. The van der Waals surface area contributed by atoms with Gasteiger partial charge in [0.25, 0.3) is 5.91 Å². The van der Waals surface area contributed by atoms with Gasteiger partial charge in [0.05, 0.1) is 25.4 Å². The molecule has 0 saturated carbocycles. The molecule has 134 valence electrons. The molecule has 1 amide bonds. The van der Waals surface area contributed by atoms with Gasteiger partial charge in [-0.05, 0) is 12.3 Å². The lowest BCUT2D eigenvalue weighted by Crippen LogP contribution is -2.51. The van der Waals surface area contributed by atoms with Crippen LogP contribution in [0.4, 0.5) is 0 Å². The average molecular weight is 335 g/mol. The first-order valence-electron chi connectivity index (χ1n) is 9.18. The van der Waals surface area contributed by atoms with Gasteiger partial charge in [-0.1, -0.05) is 33.6 Å². The SMILES string of the molecule is CCCC[C@@H]1CN(C(=O)c2n[nH]c3c2COCC3)C[C@H](C(C)C)O1. The quantitative estimate of drug-likeness (QED) is 0.898. The minimum Gasteiger partial charge on any atom is -0.376 e. The van der Waals surface area contributed by atoms with Crippen molar-refractivity contribution in [2.75, 3.05) is 19.7 Å². The number of carbonyl (C=O) groups excluding carboxylic acids is 1. The van der Waals surface area contributed by atoms with Crippen molar-refractivity contribution in [3.8, 4) is 0 Å². The van der Waals surface area contributed by atoms with Crippen LogP contribution in [0.3, 0.4) is 0 Å². The molecule has 0 unspecified atom stereocenters. The number of carbonyl (C=O) groups is 1. The van der Waals surface area contributed by atoms with Gasteiger partial charge in [-0.15, -0.1) is 0 Å². The Balaban J connectivity index is 1.75. The number of morpholine rings is 1. The second-order valence-electron chi connectivity index (χ2n) is 7.22. The fourth-order valence-electron chi connectivity index (χ4n) is 3.43. The molecule has 3 rings (SSSR count). The molecule has 0 bridgehead atoms. The Labute approximate surface area is 143 Å². The van der Waals surface area contributed by atoms with Gasteiger partial charge in [-0.2, -0.15) is 5.10 Å². The largest absolute Gasteiger partial charge is 0.376 e. The number of H-pyrrole nitrogens is 1. The van der Waals surface area contributed by atoms with Gasteiger partial charge in [-0.25, -0.2) is 0 Å². The second-order valence-corrected chi connectivity index (χ2v) is 7.22. The summed E-state index contributed by atoms with van der Waals surface area (Å²) < 4.78 is 11.7. The molecule has 6 nitrogen and oxygen atoms in total. The molecule has 0 radical (unpaired) electrons. The Bertz CT molecular complexity index is 570. The van der Waals surface area contributed by atoms with Crippen LogP contribution < -0.4 is 0 Å². The first-order valence-corrected chi connectivity index (χ1v) is 9.18. The Morgan fingerprint density at radius 3 is 3.00 bits per heavy atom. The van der Waals surface area contributed by atoms with Gasteiger partial charge < -0.3 is 14.4 Å². The Morgan fingerprint density at radius 2 is 2.25 bits per heavy atom. The van der Waals surface area contributed by atoms with Crippen molar-refractivity contribution in [2.24, 2.45) is 5.92 Å². The van der Waals surface area contributed by atoms with E-state index in [-0.39, 0.29) is 18.1 Å². The highest BCUT2D eigenvalue weighted by molar-refractivity contribution is 5.94. The minimum absolute atomic E-state index is 0.00782. The summed E-state index contributed by atoms with van der Waals surface area (Å²) in [5, 5.41) is 7.31. The van der Waals surface area contributed by atoms with E-state index in [9.17, 15) is 4.79 Å². The normalized spacial score (nSPS) is 24.2. The van der Waals surface area contributed by atoms with Gasteiger partial charge >= 0.3 is 0 Å². The summed E-state index contributed by atoms with van der Waals surface area (Å²) in [6.07, 6.45) is 4.29. The molecule has 24 heavy (non-hydrogen) atoms. The van der Waals surface area contributed by atoms with Crippen LogP contribution in [-0.2, 0) is 22.5 Å². The average Bonchev–Trinajstić information content (AvgIpc) is 3.03. The third-order valence-electron chi connectivity index (χ3n) is 5.00. The number of ether oxygens (including phenoxy) is 2. The maximum absolute atomic E-state index is 13.1. The van der Waals surface area contributed by atoms with Crippen molar-refractivity contribution >= 4 is 5.91 Å². The summed E-state index contributed by atoms with van der Waals surface area (Å²) in [7, 11) is 0. The number of hydrogen-bond donors (Lipinski definition) is 1. The van der Waals surface area contributed by atoms with E-state index >= 15 is 0 Å². The van der Waals surface area contributed by atoms with Crippen LogP contribution >= 0.6 is 0 Å². The first-order chi connectivity index (χ1) is 11.6. The zero-order valence-electron chi connectivity index (χ0n) is 15.0. The van der Waals surface area contributed by atoms with E-state index in [0.717, 1.165) is 36.9 Å². The molecule has 2 aliphatic rings. The van der Waals surface area contributed by atoms with Crippen molar-refractivity contribution in [2.45, 2.75) is 65.3 Å². The van der Waals surface area contributed by atoms with Crippen LogP contribution in [0, 0.1) is 5.92 Å². The summed E-state index contributed by atoms with van der Waals surface area (Å²) >= 11 is 0. The van der Waals surface area contributed by atoms with E-state index < -0.39 is 0 Å². The fraction of sp³-hybridized carbons (Fsp3) is 0.778. The number of rotatable bonds is 5. The topological polar surface area (TPSA) is 67.5 Å². The van der Waals surface area contributed by atoms with Crippen LogP contribution in [0.25, 0.3) is 0 Å². The maximum atomic E-state index is 13.1. The van der Waals surface area contributed by atoms with Crippen molar-refractivity contribution in [3.63, 3.8) is 0 Å². The lowest BCUT2D eigenvalue weighted by Gasteiger charge is -2.39. The van der Waals surface area contributed by atoms with Gasteiger partial charge in [0, 0.05) is 30.8 Å². The fourth-order valence-corrected chi connectivity index (χ4v) is 3.43. The molecule has 3 heterocycles. The van der Waals surface area contributed by atoms with Gasteiger partial charge in [-0.3, -0.25) is 9.89 Å². The third kappa shape index (κ3) is 3.64. The molecular weight excluding hydrogens is 306 g/mol. The van der Waals surface area contributed by atoms with Crippen molar-refractivity contribution < 1.29 is 14.3 Å². The summed E-state index contributed by atoms with van der Waals surface area (Å²) in [4.78, 5) is 15.0. The third-order valence-corrected chi connectivity index (χ3v) is 5.00. The molecule has 6 heteroatoms. The number of fused-ring (bicyclic) bond motifs is 1. The molecule has 1 saturated heterocycles. The van der Waals surface area contributed by atoms with E-state index in [2.05, 4.69) is 31.0 Å². The second kappa shape index (κ2) is 7.66. The van der Waals surface area contributed by atoms with Crippen molar-refractivity contribution in [1.82, 2.24) is 15.1 Å². The maximum Gasteiger partial charge on any atom is 0.274 e. The monoisotopic (exact) mass is 335 g/mol. The number of aromatic amines is 1.